The molecule has 0 aliphatic carbocycles. The maximum Gasteiger partial charge on any atom is 0.157 e. The molecule has 1 aliphatic heterocycles. The fraction of sp³-hybridized carbons (Fsp3) is 0.400. The lowest BCUT2D eigenvalue weighted by Gasteiger charge is -2.11. The van der Waals surface area contributed by atoms with E-state index in [1.165, 1.54) is 17.9 Å². The lowest BCUT2D eigenvalue weighted by atomic mass is 10.2. The average Bonchev–Trinajstić information content (AvgIpc) is 2.87. The number of nitrogens with zero attached hydrogens (tertiary/aromatic N) is 3. The summed E-state index contributed by atoms with van der Waals surface area (Å²) < 4.78 is 1.77. The number of thioether (sulfide) groups is 1. The van der Waals surface area contributed by atoms with Crippen molar-refractivity contribution >= 4 is 23.2 Å². The van der Waals surface area contributed by atoms with Crippen LogP contribution in [0.15, 0.2) is 24.5 Å². The second-order valence-electron chi connectivity index (χ2n) is 3.65. The minimum atomic E-state index is 0.577. The number of fused-ring (bicyclic) bond motifs is 1. The standard InChI is InChI=1S/C10H12N4S/c1-4-11-14-5-2-9(13-10(1)14)12-8-3-6-15-7-8/h1-2,4-5,8H,3,6-7H2,(H,12,13). The zero-order chi connectivity index (χ0) is 10.1. The van der Waals surface area contributed by atoms with E-state index in [-0.39, 0.29) is 0 Å². The predicted molar refractivity (Wildman–Crippen MR) is 62.3 cm³/mol. The molecule has 1 aliphatic rings. The summed E-state index contributed by atoms with van der Waals surface area (Å²) in [5.74, 6) is 3.40. The zero-order valence-corrected chi connectivity index (χ0v) is 9.07. The molecule has 0 aromatic carbocycles. The molecule has 1 atom stereocenters. The molecule has 3 heterocycles. The summed E-state index contributed by atoms with van der Waals surface area (Å²) in [6.07, 6.45) is 4.93. The van der Waals surface area contributed by atoms with E-state index in [1.807, 2.05) is 30.1 Å². The van der Waals surface area contributed by atoms with E-state index in [1.54, 1.807) is 10.7 Å². The highest BCUT2D eigenvalue weighted by Gasteiger charge is 2.15. The van der Waals surface area contributed by atoms with E-state index in [4.69, 9.17) is 0 Å². The van der Waals surface area contributed by atoms with Crippen LogP contribution in [0, 0.1) is 0 Å². The Kier molecular flexibility index (Phi) is 2.25. The molecular formula is C10H12N4S. The molecule has 1 unspecified atom stereocenters. The molecule has 2 aromatic heterocycles. The molecule has 0 spiro atoms. The topological polar surface area (TPSA) is 42.2 Å². The van der Waals surface area contributed by atoms with Gasteiger partial charge in [-0.3, -0.25) is 0 Å². The number of hydrogen-bond acceptors (Lipinski definition) is 4. The lowest BCUT2D eigenvalue weighted by molar-refractivity contribution is 0.804. The van der Waals surface area contributed by atoms with Crippen LogP contribution in [0.3, 0.4) is 0 Å². The molecule has 0 amide bonds. The van der Waals surface area contributed by atoms with Crippen LogP contribution >= 0.6 is 11.8 Å². The molecule has 0 bridgehead atoms. The second kappa shape index (κ2) is 3.73. The van der Waals surface area contributed by atoms with Gasteiger partial charge in [-0.05, 0) is 18.2 Å². The molecule has 1 saturated heterocycles. The van der Waals surface area contributed by atoms with E-state index in [0.717, 1.165) is 11.5 Å². The molecule has 15 heavy (non-hydrogen) atoms. The van der Waals surface area contributed by atoms with Crippen LogP contribution < -0.4 is 5.32 Å². The highest BCUT2D eigenvalue weighted by Crippen LogP contribution is 2.20. The van der Waals surface area contributed by atoms with Gasteiger partial charge in [0.05, 0.1) is 6.20 Å². The summed E-state index contributed by atoms with van der Waals surface area (Å²) in [7, 11) is 0. The highest BCUT2D eigenvalue weighted by atomic mass is 32.2. The van der Waals surface area contributed by atoms with Crippen LogP contribution in [0.25, 0.3) is 5.65 Å². The third-order valence-corrected chi connectivity index (χ3v) is 3.70. The van der Waals surface area contributed by atoms with Crippen LogP contribution in [-0.2, 0) is 0 Å². The Morgan fingerprint density at radius 1 is 1.47 bits per heavy atom. The monoisotopic (exact) mass is 220 g/mol. The molecule has 1 N–H and O–H groups in total. The first kappa shape index (κ1) is 9.03. The van der Waals surface area contributed by atoms with Crippen LogP contribution in [-0.4, -0.2) is 32.1 Å². The van der Waals surface area contributed by atoms with Crippen molar-refractivity contribution in [2.45, 2.75) is 12.5 Å². The van der Waals surface area contributed by atoms with Crippen molar-refractivity contribution in [2.24, 2.45) is 0 Å². The summed E-state index contributed by atoms with van der Waals surface area (Å²) in [5.41, 5.74) is 0.894. The Bertz CT molecular complexity index is 461. The SMILES string of the molecule is c1cc2nc(NC3CCSC3)ccn2n1. The van der Waals surface area contributed by atoms with E-state index in [9.17, 15) is 0 Å². The molecule has 5 heteroatoms. The van der Waals surface area contributed by atoms with Gasteiger partial charge in [-0.15, -0.1) is 0 Å². The van der Waals surface area contributed by atoms with Gasteiger partial charge in [0.2, 0.25) is 0 Å². The first-order chi connectivity index (χ1) is 7.42. The Morgan fingerprint density at radius 3 is 3.33 bits per heavy atom. The molecule has 2 aromatic rings. The maximum atomic E-state index is 4.48. The molecule has 1 fully saturated rings. The lowest BCUT2D eigenvalue weighted by Crippen LogP contribution is -2.18. The van der Waals surface area contributed by atoms with Crippen molar-refractivity contribution in [3.8, 4) is 0 Å². The molecule has 0 radical (unpaired) electrons. The minimum absolute atomic E-state index is 0.577. The number of rotatable bonds is 2. The smallest absolute Gasteiger partial charge is 0.157 e. The molecule has 78 valence electrons. The average molecular weight is 220 g/mol. The van der Waals surface area contributed by atoms with Gasteiger partial charge < -0.3 is 5.32 Å². The van der Waals surface area contributed by atoms with Crippen LogP contribution in [0.5, 0.6) is 0 Å². The van der Waals surface area contributed by atoms with Crippen LogP contribution in [0.4, 0.5) is 5.82 Å². The van der Waals surface area contributed by atoms with Crippen LogP contribution in [0.1, 0.15) is 6.42 Å². The van der Waals surface area contributed by atoms with Crippen molar-refractivity contribution in [1.29, 1.82) is 0 Å². The van der Waals surface area contributed by atoms with Gasteiger partial charge in [-0.2, -0.15) is 16.9 Å². The zero-order valence-electron chi connectivity index (χ0n) is 8.26. The van der Waals surface area contributed by atoms with Crippen molar-refractivity contribution in [3.05, 3.63) is 24.5 Å². The van der Waals surface area contributed by atoms with Gasteiger partial charge in [-0.1, -0.05) is 0 Å². The Morgan fingerprint density at radius 2 is 2.47 bits per heavy atom. The summed E-state index contributed by atoms with van der Waals surface area (Å²) in [4.78, 5) is 4.48. The van der Waals surface area contributed by atoms with E-state index >= 15 is 0 Å². The molecule has 3 rings (SSSR count). The number of anilines is 1. The second-order valence-corrected chi connectivity index (χ2v) is 4.80. The first-order valence-corrected chi connectivity index (χ1v) is 6.22. The Labute approximate surface area is 92.1 Å². The van der Waals surface area contributed by atoms with E-state index in [0.29, 0.717) is 6.04 Å². The van der Waals surface area contributed by atoms with Crippen molar-refractivity contribution in [3.63, 3.8) is 0 Å². The molecule has 4 nitrogen and oxygen atoms in total. The maximum absolute atomic E-state index is 4.48. The molecule has 0 saturated carbocycles. The predicted octanol–water partition coefficient (Wildman–Crippen LogP) is 1.65. The Balaban J connectivity index is 1.84. The van der Waals surface area contributed by atoms with Gasteiger partial charge in [0, 0.05) is 24.1 Å². The van der Waals surface area contributed by atoms with Crippen LogP contribution in [0.2, 0.25) is 0 Å². The summed E-state index contributed by atoms with van der Waals surface area (Å²) >= 11 is 2.00. The summed E-state index contributed by atoms with van der Waals surface area (Å²) in [6, 6.07) is 4.46. The van der Waals surface area contributed by atoms with Gasteiger partial charge in [-0.25, -0.2) is 9.50 Å². The Hall–Kier alpha value is -1.23. The van der Waals surface area contributed by atoms with E-state index < -0.39 is 0 Å². The normalized spacial score (nSPS) is 20.9. The number of nitrogens with one attached hydrogen (secondary N) is 1. The van der Waals surface area contributed by atoms with Crippen molar-refractivity contribution in [1.82, 2.24) is 14.6 Å². The number of aromatic nitrogens is 3. The van der Waals surface area contributed by atoms with E-state index in [2.05, 4.69) is 15.4 Å². The third-order valence-electron chi connectivity index (χ3n) is 2.54. The summed E-state index contributed by atoms with van der Waals surface area (Å²) in [6.45, 7) is 0. The van der Waals surface area contributed by atoms with Gasteiger partial charge >= 0.3 is 0 Å². The summed E-state index contributed by atoms with van der Waals surface area (Å²) in [5, 5.41) is 7.56. The molecular weight excluding hydrogens is 208 g/mol. The van der Waals surface area contributed by atoms with Gasteiger partial charge in [0.1, 0.15) is 5.82 Å². The highest BCUT2D eigenvalue weighted by molar-refractivity contribution is 7.99. The fourth-order valence-electron chi connectivity index (χ4n) is 1.75. The fourth-order valence-corrected chi connectivity index (χ4v) is 2.90. The third kappa shape index (κ3) is 1.79. The minimum Gasteiger partial charge on any atom is -0.366 e. The van der Waals surface area contributed by atoms with Crippen molar-refractivity contribution < 1.29 is 0 Å². The van der Waals surface area contributed by atoms with Crippen molar-refractivity contribution in [2.75, 3.05) is 16.8 Å². The van der Waals surface area contributed by atoms with Gasteiger partial charge in [0.25, 0.3) is 0 Å². The van der Waals surface area contributed by atoms with Gasteiger partial charge in [0.15, 0.2) is 5.65 Å². The quantitative estimate of drug-likeness (QED) is 0.835. The number of hydrogen-bond donors (Lipinski definition) is 1. The first-order valence-electron chi connectivity index (χ1n) is 5.06. The largest absolute Gasteiger partial charge is 0.366 e.